The Morgan fingerprint density at radius 2 is 1.85 bits per heavy atom. The molecule has 0 aliphatic heterocycles. The zero-order valence-electron chi connectivity index (χ0n) is 12.0. The standard InChI is InChI=1S/C15H22F3NO/c1-3-10-19-13(11-15(16,17)18)7-4-12-5-8-14(20-2)9-6-12/h5-6,8-9,13,19H,3-4,7,10-11H2,1-2H3. The third kappa shape index (κ3) is 6.80. The molecule has 5 heteroatoms. The summed E-state index contributed by atoms with van der Waals surface area (Å²) in [6.07, 6.45) is -2.96. The Balaban J connectivity index is 2.51. The number of rotatable bonds is 8. The molecule has 0 amide bonds. The van der Waals surface area contributed by atoms with Gasteiger partial charge in [0.25, 0.3) is 0 Å². The maximum absolute atomic E-state index is 12.5. The monoisotopic (exact) mass is 289 g/mol. The Labute approximate surface area is 118 Å². The minimum Gasteiger partial charge on any atom is -0.497 e. The average Bonchev–Trinajstić information content (AvgIpc) is 2.41. The summed E-state index contributed by atoms with van der Waals surface area (Å²) in [5.41, 5.74) is 1.02. The molecule has 2 nitrogen and oxygen atoms in total. The predicted molar refractivity (Wildman–Crippen MR) is 74.1 cm³/mol. The number of hydrogen-bond donors (Lipinski definition) is 1. The smallest absolute Gasteiger partial charge is 0.390 e. The van der Waals surface area contributed by atoms with Crippen molar-refractivity contribution in [2.75, 3.05) is 13.7 Å². The number of alkyl halides is 3. The molecule has 0 saturated carbocycles. The zero-order chi connectivity index (χ0) is 15.0. The van der Waals surface area contributed by atoms with Crippen molar-refractivity contribution >= 4 is 0 Å². The van der Waals surface area contributed by atoms with Crippen LogP contribution in [0.25, 0.3) is 0 Å². The summed E-state index contributed by atoms with van der Waals surface area (Å²) in [4.78, 5) is 0. The summed E-state index contributed by atoms with van der Waals surface area (Å²) in [5.74, 6) is 0.754. The highest BCUT2D eigenvalue weighted by Crippen LogP contribution is 2.24. The normalized spacial score (nSPS) is 13.2. The SMILES string of the molecule is CCCNC(CCc1ccc(OC)cc1)CC(F)(F)F. The topological polar surface area (TPSA) is 21.3 Å². The van der Waals surface area contributed by atoms with Crippen LogP contribution in [0.15, 0.2) is 24.3 Å². The number of hydrogen-bond acceptors (Lipinski definition) is 2. The lowest BCUT2D eigenvalue weighted by Gasteiger charge is -2.20. The highest BCUT2D eigenvalue weighted by Gasteiger charge is 2.31. The van der Waals surface area contributed by atoms with Gasteiger partial charge in [-0.25, -0.2) is 0 Å². The summed E-state index contributed by atoms with van der Waals surface area (Å²) in [5, 5.41) is 2.97. The van der Waals surface area contributed by atoms with E-state index in [9.17, 15) is 13.2 Å². The van der Waals surface area contributed by atoms with Gasteiger partial charge in [-0.05, 0) is 43.5 Å². The van der Waals surface area contributed by atoms with Crippen molar-refractivity contribution in [2.24, 2.45) is 0 Å². The number of benzene rings is 1. The van der Waals surface area contributed by atoms with E-state index < -0.39 is 18.6 Å². The fourth-order valence-electron chi connectivity index (χ4n) is 2.04. The molecule has 0 heterocycles. The summed E-state index contributed by atoms with van der Waals surface area (Å²) in [6, 6.07) is 6.92. The molecule has 20 heavy (non-hydrogen) atoms. The van der Waals surface area contributed by atoms with Gasteiger partial charge in [-0.3, -0.25) is 0 Å². The highest BCUT2D eigenvalue weighted by molar-refractivity contribution is 5.27. The van der Waals surface area contributed by atoms with Gasteiger partial charge in [0.05, 0.1) is 13.5 Å². The minimum absolute atomic E-state index is 0.478. The van der Waals surface area contributed by atoms with Gasteiger partial charge >= 0.3 is 6.18 Å². The van der Waals surface area contributed by atoms with Crippen LogP contribution in [0.4, 0.5) is 13.2 Å². The minimum atomic E-state index is -4.12. The van der Waals surface area contributed by atoms with Gasteiger partial charge in [-0.15, -0.1) is 0 Å². The first-order valence-electron chi connectivity index (χ1n) is 6.87. The van der Waals surface area contributed by atoms with Crippen LogP contribution in [0.5, 0.6) is 5.75 Å². The molecule has 0 aliphatic rings. The van der Waals surface area contributed by atoms with Crippen LogP contribution in [0, 0.1) is 0 Å². The van der Waals surface area contributed by atoms with E-state index >= 15 is 0 Å². The lowest BCUT2D eigenvalue weighted by atomic mass is 10.0. The number of ether oxygens (including phenoxy) is 1. The van der Waals surface area contributed by atoms with Gasteiger partial charge in [0.2, 0.25) is 0 Å². The first-order valence-corrected chi connectivity index (χ1v) is 6.87. The van der Waals surface area contributed by atoms with E-state index in [2.05, 4.69) is 5.32 Å². The van der Waals surface area contributed by atoms with E-state index in [4.69, 9.17) is 4.74 Å². The van der Waals surface area contributed by atoms with Gasteiger partial charge < -0.3 is 10.1 Å². The summed E-state index contributed by atoms with van der Waals surface area (Å²) < 4.78 is 42.6. The Bertz CT molecular complexity index is 376. The van der Waals surface area contributed by atoms with E-state index in [-0.39, 0.29) is 0 Å². The second-order valence-electron chi connectivity index (χ2n) is 4.86. The first kappa shape index (κ1) is 16.8. The molecule has 0 fully saturated rings. The van der Waals surface area contributed by atoms with Crippen molar-refractivity contribution in [3.05, 3.63) is 29.8 Å². The Hall–Kier alpha value is -1.23. The molecule has 0 aliphatic carbocycles. The van der Waals surface area contributed by atoms with Crippen LogP contribution in [-0.4, -0.2) is 25.9 Å². The lowest BCUT2D eigenvalue weighted by molar-refractivity contribution is -0.140. The Morgan fingerprint density at radius 1 is 1.20 bits per heavy atom. The van der Waals surface area contributed by atoms with Crippen LogP contribution in [0.2, 0.25) is 0 Å². The number of halogens is 3. The zero-order valence-corrected chi connectivity index (χ0v) is 12.0. The Kier molecular flexibility index (Phi) is 6.85. The van der Waals surface area contributed by atoms with Crippen molar-refractivity contribution in [1.82, 2.24) is 5.32 Å². The molecule has 0 bridgehead atoms. The molecule has 0 aromatic heterocycles. The Morgan fingerprint density at radius 3 is 2.35 bits per heavy atom. The van der Waals surface area contributed by atoms with Crippen LogP contribution in [0.1, 0.15) is 31.7 Å². The predicted octanol–water partition coefficient (Wildman–Crippen LogP) is 3.95. The number of nitrogens with one attached hydrogen (secondary N) is 1. The van der Waals surface area contributed by atoms with Crippen molar-refractivity contribution < 1.29 is 17.9 Å². The van der Waals surface area contributed by atoms with Crippen LogP contribution < -0.4 is 10.1 Å². The fraction of sp³-hybridized carbons (Fsp3) is 0.600. The van der Waals surface area contributed by atoms with E-state index in [1.165, 1.54) is 0 Å². The second-order valence-corrected chi connectivity index (χ2v) is 4.86. The maximum atomic E-state index is 12.5. The molecule has 0 spiro atoms. The molecule has 1 aromatic carbocycles. The van der Waals surface area contributed by atoms with Crippen LogP contribution in [0.3, 0.4) is 0 Å². The van der Waals surface area contributed by atoms with Gasteiger partial charge in [0, 0.05) is 6.04 Å². The number of aryl methyl sites for hydroxylation is 1. The molecular formula is C15H22F3NO. The summed E-state index contributed by atoms with van der Waals surface area (Å²) in [7, 11) is 1.59. The third-order valence-corrected chi connectivity index (χ3v) is 3.10. The van der Waals surface area contributed by atoms with Crippen LogP contribution in [-0.2, 0) is 6.42 Å². The number of methoxy groups -OCH3 is 1. The fourth-order valence-corrected chi connectivity index (χ4v) is 2.04. The van der Waals surface area contributed by atoms with Crippen molar-refractivity contribution in [1.29, 1.82) is 0 Å². The molecular weight excluding hydrogens is 267 g/mol. The molecule has 0 radical (unpaired) electrons. The molecule has 1 unspecified atom stereocenters. The molecule has 1 N–H and O–H groups in total. The largest absolute Gasteiger partial charge is 0.497 e. The van der Waals surface area contributed by atoms with E-state index in [1.54, 1.807) is 7.11 Å². The average molecular weight is 289 g/mol. The van der Waals surface area contributed by atoms with Gasteiger partial charge in [0.15, 0.2) is 0 Å². The highest BCUT2D eigenvalue weighted by atomic mass is 19.4. The second kappa shape index (κ2) is 8.15. The van der Waals surface area contributed by atoms with Gasteiger partial charge in [-0.2, -0.15) is 13.2 Å². The van der Waals surface area contributed by atoms with Crippen molar-refractivity contribution in [2.45, 2.75) is 44.8 Å². The third-order valence-electron chi connectivity index (χ3n) is 3.10. The van der Waals surface area contributed by atoms with Gasteiger partial charge in [-0.1, -0.05) is 19.1 Å². The maximum Gasteiger partial charge on any atom is 0.390 e. The molecule has 114 valence electrons. The van der Waals surface area contributed by atoms with Crippen LogP contribution >= 0.6 is 0 Å². The van der Waals surface area contributed by atoms with Crippen molar-refractivity contribution in [3.63, 3.8) is 0 Å². The van der Waals surface area contributed by atoms with Gasteiger partial charge in [0.1, 0.15) is 5.75 Å². The quantitative estimate of drug-likeness (QED) is 0.782. The molecule has 1 atom stereocenters. The van der Waals surface area contributed by atoms with E-state index in [0.29, 0.717) is 19.4 Å². The summed E-state index contributed by atoms with van der Waals surface area (Å²) in [6.45, 7) is 2.56. The molecule has 0 saturated heterocycles. The van der Waals surface area contributed by atoms with Crippen molar-refractivity contribution in [3.8, 4) is 5.75 Å². The molecule has 1 rings (SSSR count). The summed E-state index contributed by atoms with van der Waals surface area (Å²) >= 11 is 0. The molecule has 1 aromatic rings. The van der Waals surface area contributed by atoms with E-state index in [0.717, 1.165) is 17.7 Å². The first-order chi connectivity index (χ1) is 9.44. The van der Waals surface area contributed by atoms with E-state index in [1.807, 2.05) is 31.2 Å². The lowest BCUT2D eigenvalue weighted by Crippen LogP contribution is -2.34.